The van der Waals surface area contributed by atoms with Crippen LogP contribution in [0.15, 0.2) is 38.9 Å². The molecular formula is C15H11Cl2F2NO2S. The van der Waals surface area contributed by atoms with E-state index < -0.39 is 22.4 Å². The average molecular weight is 378 g/mol. The van der Waals surface area contributed by atoms with Gasteiger partial charge >= 0.3 is 5.38 Å². The highest BCUT2D eigenvalue weighted by molar-refractivity contribution is 7.99. The molecule has 1 aromatic carbocycles. The summed E-state index contributed by atoms with van der Waals surface area (Å²) >= 11 is 12.1. The Labute approximate surface area is 145 Å². The molecule has 1 heterocycles. The van der Waals surface area contributed by atoms with Gasteiger partial charge in [0.05, 0.1) is 10.6 Å². The Kier molecular flexibility index (Phi) is 5.18. The van der Waals surface area contributed by atoms with Gasteiger partial charge in [-0.25, -0.2) is 0 Å². The number of H-pyrrole nitrogens is 1. The van der Waals surface area contributed by atoms with Gasteiger partial charge in [0.15, 0.2) is 5.78 Å². The van der Waals surface area contributed by atoms with Crippen LogP contribution in [0.5, 0.6) is 0 Å². The molecule has 0 aliphatic carbocycles. The summed E-state index contributed by atoms with van der Waals surface area (Å²) in [5.74, 6) is -0.539. The summed E-state index contributed by atoms with van der Waals surface area (Å²) in [5, 5.41) is -3.36. The molecule has 0 saturated carbocycles. The molecule has 0 bridgehead atoms. The van der Waals surface area contributed by atoms with Crippen LogP contribution in [0.1, 0.15) is 28.5 Å². The van der Waals surface area contributed by atoms with E-state index in [1.54, 1.807) is 25.1 Å². The number of hydrogen-bond acceptors (Lipinski definition) is 3. The molecule has 8 heteroatoms. The Morgan fingerprint density at radius 3 is 2.52 bits per heavy atom. The minimum absolute atomic E-state index is 0.0766. The normalized spacial score (nSPS) is 11.6. The van der Waals surface area contributed by atoms with Crippen LogP contribution in [0.2, 0.25) is 5.02 Å². The Balaban J connectivity index is 2.67. The van der Waals surface area contributed by atoms with Crippen LogP contribution in [0, 0.1) is 6.92 Å². The van der Waals surface area contributed by atoms with Gasteiger partial charge in [0.2, 0.25) is 0 Å². The van der Waals surface area contributed by atoms with Gasteiger partial charge in [-0.3, -0.25) is 9.59 Å². The lowest BCUT2D eigenvalue weighted by Crippen LogP contribution is -2.22. The van der Waals surface area contributed by atoms with Crippen LogP contribution in [-0.4, -0.2) is 10.8 Å². The molecule has 2 rings (SSSR count). The number of hydrogen-bond donors (Lipinski definition) is 1. The Morgan fingerprint density at radius 1 is 1.35 bits per heavy atom. The molecule has 0 unspecified atom stereocenters. The smallest absolute Gasteiger partial charge is 0.319 e. The van der Waals surface area contributed by atoms with Gasteiger partial charge in [0.25, 0.3) is 5.56 Å². The molecule has 0 aliphatic rings. The van der Waals surface area contributed by atoms with E-state index in [9.17, 15) is 18.4 Å². The lowest BCUT2D eigenvalue weighted by molar-refractivity contribution is 0.0888. The number of benzene rings is 1. The first-order valence-electron chi connectivity index (χ1n) is 6.39. The van der Waals surface area contributed by atoms with Gasteiger partial charge < -0.3 is 4.98 Å². The highest BCUT2D eigenvalue weighted by Gasteiger charge is 2.31. The third kappa shape index (κ3) is 3.94. The van der Waals surface area contributed by atoms with E-state index in [1.807, 2.05) is 4.98 Å². The van der Waals surface area contributed by atoms with Crippen LogP contribution in [-0.2, 0) is 5.38 Å². The molecule has 0 fully saturated rings. The first-order valence-corrected chi connectivity index (χ1v) is 7.97. The molecule has 0 saturated heterocycles. The van der Waals surface area contributed by atoms with Crippen LogP contribution in [0.3, 0.4) is 0 Å². The fourth-order valence-electron chi connectivity index (χ4n) is 1.96. The zero-order chi connectivity index (χ0) is 17.4. The van der Waals surface area contributed by atoms with Crippen molar-refractivity contribution in [1.82, 2.24) is 4.98 Å². The van der Waals surface area contributed by atoms with Crippen LogP contribution < -0.4 is 5.56 Å². The predicted molar refractivity (Wildman–Crippen MR) is 87.1 cm³/mol. The van der Waals surface area contributed by atoms with Crippen LogP contribution >= 0.6 is 35.0 Å². The van der Waals surface area contributed by atoms with Crippen molar-refractivity contribution in [1.29, 1.82) is 0 Å². The SMILES string of the molecule is CC(=O)c1c(Sc2c(C)cccc2Cl)cc(C(F)(F)Cl)[nH]c1=O. The number of rotatable bonds is 4. The number of pyridine rings is 1. The van der Waals surface area contributed by atoms with Gasteiger partial charge in [-0.05, 0) is 43.1 Å². The Hall–Kier alpha value is -1.37. The summed E-state index contributed by atoms with van der Waals surface area (Å²) in [6.45, 7) is 2.97. The van der Waals surface area contributed by atoms with Gasteiger partial charge in [0.1, 0.15) is 5.69 Å². The topological polar surface area (TPSA) is 49.9 Å². The van der Waals surface area contributed by atoms with Crippen molar-refractivity contribution >= 4 is 40.7 Å². The zero-order valence-electron chi connectivity index (χ0n) is 12.0. The number of Topliss-reactive ketones (excluding diaryl/α,β-unsaturated/α-hetero) is 1. The number of aromatic amines is 1. The molecule has 1 N–H and O–H groups in total. The van der Waals surface area contributed by atoms with Crippen LogP contribution in [0.25, 0.3) is 0 Å². The maximum absolute atomic E-state index is 13.3. The second-order valence-electron chi connectivity index (χ2n) is 4.79. The third-order valence-electron chi connectivity index (χ3n) is 3.03. The molecule has 0 radical (unpaired) electrons. The van der Waals surface area contributed by atoms with Gasteiger partial charge in [-0.15, -0.1) is 0 Å². The van der Waals surface area contributed by atoms with Crippen molar-refractivity contribution in [2.75, 3.05) is 0 Å². The lowest BCUT2D eigenvalue weighted by atomic mass is 10.2. The number of nitrogens with one attached hydrogen (secondary N) is 1. The van der Waals surface area contributed by atoms with Gasteiger partial charge in [0, 0.05) is 9.79 Å². The highest BCUT2D eigenvalue weighted by Crippen LogP contribution is 2.39. The summed E-state index contributed by atoms with van der Waals surface area (Å²) in [7, 11) is 0. The van der Waals surface area contributed by atoms with Crippen molar-refractivity contribution in [2.45, 2.75) is 29.0 Å². The third-order valence-corrected chi connectivity index (χ3v) is 4.95. The van der Waals surface area contributed by atoms with Crippen molar-refractivity contribution in [3.05, 3.63) is 56.5 Å². The minimum atomic E-state index is -3.75. The first-order chi connectivity index (χ1) is 10.6. The fraction of sp³-hybridized carbons (Fsp3) is 0.200. The van der Waals surface area contributed by atoms with E-state index in [4.69, 9.17) is 23.2 Å². The molecule has 2 aromatic rings. The van der Waals surface area contributed by atoms with Crippen molar-refractivity contribution in [3.63, 3.8) is 0 Å². The fourth-order valence-corrected chi connectivity index (χ4v) is 3.53. The van der Waals surface area contributed by atoms with Crippen molar-refractivity contribution < 1.29 is 13.6 Å². The number of aryl methyl sites for hydroxylation is 1. The molecule has 122 valence electrons. The minimum Gasteiger partial charge on any atom is -0.319 e. The number of halogens is 4. The zero-order valence-corrected chi connectivity index (χ0v) is 14.4. The summed E-state index contributed by atoms with van der Waals surface area (Å²) < 4.78 is 26.6. The summed E-state index contributed by atoms with van der Waals surface area (Å²) in [5.41, 5.74) is -1.11. The summed E-state index contributed by atoms with van der Waals surface area (Å²) in [4.78, 5) is 26.3. The van der Waals surface area contributed by atoms with E-state index in [-0.39, 0.29) is 10.5 Å². The standard InChI is InChI=1S/C15H11Cl2F2NO2S/c1-7-4-3-5-9(16)13(7)23-10-6-11(15(17,18)19)20-14(22)12(10)8(2)21/h3-6H,1-2H3,(H,20,22). The summed E-state index contributed by atoms with van der Waals surface area (Å²) in [6, 6.07) is 6.16. The highest BCUT2D eigenvalue weighted by atomic mass is 35.5. The molecule has 0 atom stereocenters. The van der Waals surface area contributed by atoms with E-state index in [1.165, 1.54) is 6.92 Å². The van der Waals surface area contributed by atoms with Crippen molar-refractivity contribution in [2.24, 2.45) is 0 Å². The molecule has 0 aliphatic heterocycles. The van der Waals surface area contributed by atoms with Gasteiger partial charge in [-0.1, -0.05) is 35.5 Å². The second-order valence-corrected chi connectivity index (χ2v) is 6.73. The lowest BCUT2D eigenvalue weighted by Gasteiger charge is -2.14. The maximum Gasteiger partial charge on any atom is 0.362 e. The molecule has 23 heavy (non-hydrogen) atoms. The van der Waals surface area contributed by atoms with E-state index in [0.29, 0.717) is 9.92 Å². The van der Waals surface area contributed by atoms with E-state index in [2.05, 4.69) is 0 Å². The summed E-state index contributed by atoms with van der Waals surface area (Å²) in [6.07, 6.45) is 0. The van der Waals surface area contributed by atoms with Gasteiger partial charge in [-0.2, -0.15) is 8.78 Å². The van der Waals surface area contributed by atoms with Crippen molar-refractivity contribution in [3.8, 4) is 0 Å². The molecule has 0 amide bonds. The van der Waals surface area contributed by atoms with E-state index >= 15 is 0 Å². The number of aromatic nitrogens is 1. The number of carbonyl (C=O) groups is 1. The average Bonchev–Trinajstić information content (AvgIpc) is 2.41. The molecule has 0 spiro atoms. The predicted octanol–water partition coefficient (Wildman–Crippen LogP) is 4.98. The quantitative estimate of drug-likeness (QED) is 0.603. The second kappa shape index (κ2) is 6.63. The largest absolute Gasteiger partial charge is 0.362 e. The Morgan fingerprint density at radius 2 is 2.00 bits per heavy atom. The number of ketones is 1. The van der Waals surface area contributed by atoms with E-state index in [0.717, 1.165) is 23.4 Å². The number of alkyl halides is 3. The number of carbonyl (C=O) groups excluding carboxylic acids is 1. The monoisotopic (exact) mass is 377 g/mol. The molecule has 3 nitrogen and oxygen atoms in total. The maximum atomic E-state index is 13.3. The molecular weight excluding hydrogens is 367 g/mol. The first kappa shape index (κ1) is 18.0. The van der Waals surface area contributed by atoms with Crippen LogP contribution in [0.4, 0.5) is 8.78 Å². The molecule has 1 aromatic heterocycles. The Bertz CT molecular complexity index is 811.